The molecule has 1 saturated carbocycles. The first kappa shape index (κ1) is 15.6. The van der Waals surface area contributed by atoms with Crippen LogP contribution < -0.4 is 5.32 Å². The van der Waals surface area contributed by atoms with Gasteiger partial charge in [-0.1, -0.05) is 18.6 Å². The van der Waals surface area contributed by atoms with Gasteiger partial charge in [-0.2, -0.15) is 20.5 Å². The highest BCUT2D eigenvalue weighted by molar-refractivity contribution is 8.00. The number of halogens is 2. The molecule has 1 fully saturated rings. The lowest BCUT2D eigenvalue weighted by molar-refractivity contribution is 0.235. The minimum Gasteiger partial charge on any atom is -0.383 e. The second-order valence-corrected chi connectivity index (χ2v) is 8.06. The Balaban J connectivity index is 2.21. The molecule has 1 aliphatic rings. The predicted octanol–water partition coefficient (Wildman–Crippen LogP) is 3.38. The maximum Gasteiger partial charge on any atom is 0.341 e. The molecule has 112 valence electrons. The van der Waals surface area contributed by atoms with E-state index in [-0.39, 0.29) is 15.3 Å². The van der Waals surface area contributed by atoms with Gasteiger partial charge in [0.25, 0.3) is 0 Å². The third kappa shape index (κ3) is 2.93. The molecule has 20 heavy (non-hydrogen) atoms. The number of benzene rings is 1. The molecular weight excluding hydrogens is 304 g/mol. The molecule has 1 aliphatic carbocycles. The van der Waals surface area contributed by atoms with E-state index >= 15 is 0 Å². The molecule has 1 aromatic rings. The molecule has 0 heterocycles. The number of nitrogens with one attached hydrogen (secondary N) is 1. The molecule has 0 amide bonds. The molecule has 3 nitrogen and oxygen atoms in total. The van der Waals surface area contributed by atoms with Crippen molar-refractivity contribution in [1.29, 1.82) is 0 Å². The first-order valence-electron chi connectivity index (χ1n) is 6.31. The first-order chi connectivity index (χ1) is 9.41. The van der Waals surface area contributed by atoms with Crippen molar-refractivity contribution in [2.45, 2.75) is 34.7 Å². The largest absolute Gasteiger partial charge is 0.383 e. The molecule has 2 rings (SSSR count). The molecule has 0 unspecified atom stereocenters. The lowest BCUT2D eigenvalue weighted by Crippen LogP contribution is -2.40. The van der Waals surface area contributed by atoms with Crippen LogP contribution in [0.15, 0.2) is 29.2 Å². The minimum absolute atomic E-state index is 0.0989. The van der Waals surface area contributed by atoms with Gasteiger partial charge in [0.2, 0.25) is 9.84 Å². The number of thioether (sulfide) groups is 1. The number of anilines is 1. The van der Waals surface area contributed by atoms with Crippen molar-refractivity contribution in [2.24, 2.45) is 0 Å². The van der Waals surface area contributed by atoms with E-state index in [1.807, 2.05) is 6.26 Å². The Morgan fingerprint density at radius 3 is 2.50 bits per heavy atom. The van der Waals surface area contributed by atoms with E-state index in [1.54, 1.807) is 17.8 Å². The van der Waals surface area contributed by atoms with Crippen molar-refractivity contribution in [3.8, 4) is 0 Å². The van der Waals surface area contributed by atoms with Crippen molar-refractivity contribution < 1.29 is 17.2 Å². The summed E-state index contributed by atoms with van der Waals surface area (Å²) >= 11 is 1.74. The van der Waals surface area contributed by atoms with E-state index < -0.39 is 15.6 Å². The number of hydrogen-bond donors (Lipinski definition) is 1. The molecule has 1 aromatic carbocycles. The molecule has 0 spiro atoms. The third-order valence-electron chi connectivity index (χ3n) is 3.73. The Morgan fingerprint density at radius 2 is 2.00 bits per heavy atom. The molecule has 0 aliphatic heterocycles. The maximum absolute atomic E-state index is 12.7. The summed E-state index contributed by atoms with van der Waals surface area (Å²) in [5.41, 5.74) is 0.258. The molecular formula is C13H17F2NO2S2. The summed E-state index contributed by atoms with van der Waals surface area (Å²) in [5.74, 6) is -3.40. The highest BCUT2D eigenvalue weighted by atomic mass is 32.2. The van der Waals surface area contributed by atoms with Gasteiger partial charge in [0.1, 0.15) is 0 Å². The number of hydrogen-bond acceptors (Lipinski definition) is 4. The molecule has 0 atom stereocenters. The van der Waals surface area contributed by atoms with Crippen LogP contribution >= 0.6 is 11.8 Å². The van der Waals surface area contributed by atoms with E-state index in [0.717, 1.165) is 19.3 Å². The standard InChI is InChI=1S/C13H17F2NO2S2/c1-19-13(7-4-8-13)9-16-10-5-2-3-6-11(10)20(17,18)12(14)15/h2-3,5-6,12,16H,4,7-9H2,1H3. The Morgan fingerprint density at radius 1 is 1.35 bits per heavy atom. The van der Waals surface area contributed by atoms with Crippen molar-refractivity contribution in [1.82, 2.24) is 0 Å². The average molecular weight is 321 g/mol. The van der Waals surface area contributed by atoms with E-state index in [9.17, 15) is 17.2 Å². The summed E-state index contributed by atoms with van der Waals surface area (Å²) in [5, 5.41) is 3.03. The molecule has 7 heteroatoms. The summed E-state index contributed by atoms with van der Waals surface area (Å²) in [6.45, 7) is 0.587. The van der Waals surface area contributed by atoms with Gasteiger partial charge in [-0.25, -0.2) is 8.42 Å². The van der Waals surface area contributed by atoms with Crippen molar-refractivity contribution >= 4 is 27.3 Å². The zero-order valence-corrected chi connectivity index (χ0v) is 12.7. The summed E-state index contributed by atoms with van der Waals surface area (Å²) in [6, 6.07) is 5.84. The highest BCUT2D eigenvalue weighted by Crippen LogP contribution is 2.43. The highest BCUT2D eigenvalue weighted by Gasteiger charge is 2.36. The van der Waals surface area contributed by atoms with Crippen LogP contribution in [-0.4, -0.2) is 31.7 Å². The zero-order valence-electron chi connectivity index (χ0n) is 11.1. The van der Waals surface area contributed by atoms with E-state index in [1.165, 1.54) is 18.2 Å². The Hall–Kier alpha value is -0.820. The molecule has 1 N–H and O–H groups in total. The molecule has 0 radical (unpaired) electrons. The van der Waals surface area contributed by atoms with E-state index in [0.29, 0.717) is 6.54 Å². The van der Waals surface area contributed by atoms with Gasteiger partial charge < -0.3 is 5.32 Å². The Bertz CT molecular complexity index is 566. The summed E-state index contributed by atoms with van der Waals surface area (Å²) < 4.78 is 48.7. The molecule has 0 aromatic heterocycles. The smallest absolute Gasteiger partial charge is 0.341 e. The fraction of sp³-hybridized carbons (Fsp3) is 0.538. The van der Waals surface area contributed by atoms with Gasteiger partial charge >= 0.3 is 5.76 Å². The van der Waals surface area contributed by atoms with E-state index in [4.69, 9.17) is 0 Å². The fourth-order valence-electron chi connectivity index (χ4n) is 2.24. The minimum atomic E-state index is -4.57. The van der Waals surface area contributed by atoms with Gasteiger partial charge in [0.05, 0.1) is 10.6 Å². The van der Waals surface area contributed by atoms with Crippen LogP contribution in [0.3, 0.4) is 0 Å². The van der Waals surface area contributed by atoms with Gasteiger partial charge in [0.15, 0.2) is 0 Å². The second-order valence-electron chi connectivity index (χ2n) is 4.90. The first-order valence-corrected chi connectivity index (χ1v) is 9.08. The SMILES string of the molecule is CSC1(CNc2ccccc2S(=O)(=O)C(F)F)CCC1. The average Bonchev–Trinajstić information content (AvgIpc) is 2.38. The quantitative estimate of drug-likeness (QED) is 0.872. The fourth-order valence-corrected chi connectivity index (χ4v) is 4.06. The third-order valence-corrected chi connectivity index (χ3v) is 6.58. The molecule has 0 saturated heterocycles. The predicted molar refractivity (Wildman–Crippen MR) is 78.2 cm³/mol. The Labute approximate surface area is 122 Å². The lowest BCUT2D eigenvalue weighted by atomic mass is 9.84. The topological polar surface area (TPSA) is 46.2 Å². The van der Waals surface area contributed by atoms with Crippen LogP contribution in [0.4, 0.5) is 14.5 Å². The summed E-state index contributed by atoms with van der Waals surface area (Å²) in [4.78, 5) is -0.328. The van der Waals surface area contributed by atoms with Gasteiger partial charge in [-0.05, 0) is 31.2 Å². The zero-order chi connectivity index (χ0) is 14.8. The monoisotopic (exact) mass is 321 g/mol. The van der Waals surface area contributed by atoms with Gasteiger partial charge in [-0.15, -0.1) is 0 Å². The lowest BCUT2D eigenvalue weighted by Gasteiger charge is -2.40. The molecule has 0 bridgehead atoms. The van der Waals surface area contributed by atoms with Crippen LogP contribution in [0.2, 0.25) is 0 Å². The normalized spacial score (nSPS) is 17.8. The maximum atomic E-state index is 12.7. The van der Waals surface area contributed by atoms with Crippen molar-refractivity contribution in [3.63, 3.8) is 0 Å². The second kappa shape index (κ2) is 5.89. The van der Waals surface area contributed by atoms with Gasteiger partial charge in [-0.3, -0.25) is 0 Å². The number of para-hydroxylation sites is 1. The van der Waals surface area contributed by atoms with Crippen LogP contribution in [0.5, 0.6) is 0 Å². The summed E-state index contributed by atoms with van der Waals surface area (Å²) in [7, 11) is -4.57. The summed E-state index contributed by atoms with van der Waals surface area (Å²) in [6.07, 6.45) is 5.29. The number of rotatable bonds is 6. The van der Waals surface area contributed by atoms with Crippen LogP contribution in [-0.2, 0) is 9.84 Å². The number of sulfone groups is 1. The Kier molecular flexibility index (Phi) is 4.59. The van der Waals surface area contributed by atoms with Crippen LogP contribution in [0.1, 0.15) is 19.3 Å². The van der Waals surface area contributed by atoms with Crippen molar-refractivity contribution in [3.05, 3.63) is 24.3 Å². The van der Waals surface area contributed by atoms with Crippen LogP contribution in [0, 0.1) is 0 Å². The van der Waals surface area contributed by atoms with E-state index in [2.05, 4.69) is 5.32 Å². The van der Waals surface area contributed by atoms with Crippen molar-refractivity contribution in [2.75, 3.05) is 18.1 Å². The number of alkyl halides is 2. The van der Waals surface area contributed by atoms with Gasteiger partial charge in [0, 0.05) is 11.3 Å². The van der Waals surface area contributed by atoms with Crippen LogP contribution in [0.25, 0.3) is 0 Å².